The second kappa shape index (κ2) is 7.59. The molecular weight excluding hydrogens is 306 g/mol. The molecule has 0 saturated carbocycles. The monoisotopic (exact) mass is 328 g/mol. The van der Waals surface area contributed by atoms with E-state index in [0.29, 0.717) is 13.1 Å². The molecule has 1 aromatic carbocycles. The summed E-state index contributed by atoms with van der Waals surface area (Å²) >= 11 is 0. The normalized spacial score (nSPS) is 19.6. The number of nitrogens with zero attached hydrogens (tertiary/aromatic N) is 1. The smallest absolute Gasteiger partial charge is 0.387 e. The van der Waals surface area contributed by atoms with Crippen LogP contribution in [-0.4, -0.2) is 43.7 Å². The summed E-state index contributed by atoms with van der Waals surface area (Å²) in [6.07, 6.45) is 1.80. The molecule has 2 rings (SSSR count). The lowest BCUT2D eigenvalue weighted by molar-refractivity contribution is -0.0517. The molecule has 0 spiro atoms. The molecule has 2 atom stereocenters. The lowest BCUT2D eigenvalue weighted by Gasteiger charge is -2.35. The number of para-hydroxylation sites is 1. The van der Waals surface area contributed by atoms with E-state index in [-0.39, 0.29) is 34.9 Å². The molecule has 0 radical (unpaired) electrons. The van der Waals surface area contributed by atoms with Crippen LogP contribution in [-0.2, 0) is 0 Å². The van der Waals surface area contributed by atoms with Crippen LogP contribution in [0.5, 0.6) is 11.5 Å². The van der Waals surface area contributed by atoms with Gasteiger partial charge in [0, 0.05) is 19.1 Å². The fraction of sp³-hybridized carbons (Fsp3) is 0.562. The van der Waals surface area contributed by atoms with Gasteiger partial charge < -0.3 is 20.1 Å². The van der Waals surface area contributed by atoms with Gasteiger partial charge in [0.05, 0.1) is 12.7 Å². The summed E-state index contributed by atoms with van der Waals surface area (Å²) in [5.74, 6) is -0.252. The predicted molar refractivity (Wildman–Crippen MR) is 81.9 cm³/mol. The van der Waals surface area contributed by atoms with Crippen LogP contribution < -0.4 is 15.2 Å². The minimum absolute atomic E-state index is 0.0207. The predicted octanol–water partition coefficient (Wildman–Crippen LogP) is 2.50. The van der Waals surface area contributed by atoms with E-state index in [1.165, 1.54) is 19.2 Å². The molecule has 1 aliphatic heterocycles. The lowest BCUT2D eigenvalue weighted by atomic mass is 9.92. The van der Waals surface area contributed by atoms with E-state index in [9.17, 15) is 13.6 Å². The Bertz CT molecular complexity index is 552. The molecule has 1 aliphatic rings. The molecule has 1 amide bonds. The van der Waals surface area contributed by atoms with Crippen molar-refractivity contribution in [3.05, 3.63) is 23.8 Å². The summed E-state index contributed by atoms with van der Waals surface area (Å²) in [5, 5.41) is 0. The number of alkyl halides is 2. The highest BCUT2D eigenvalue weighted by molar-refractivity contribution is 5.98. The van der Waals surface area contributed by atoms with Crippen molar-refractivity contribution in [2.24, 2.45) is 11.7 Å². The summed E-state index contributed by atoms with van der Waals surface area (Å²) in [5.41, 5.74) is 6.01. The zero-order chi connectivity index (χ0) is 17.0. The van der Waals surface area contributed by atoms with Crippen molar-refractivity contribution in [2.45, 2.75) is 32.4 Å². The van der Waals surface area contributed by atoms with Crippen molar-refractivity contribution in [1.82, 2.24) is 4.90 Å². The van der Waals surface area contributed by atoms with Gasteiger partial charge in [0.1, 0.15) is 0 Å². The van der Waals surface area contributed by atoms with E-state index in [4.69, 9.17) is 10.5 Å². The fourth-order valence-corrected chi connectivity index (χ4v) is 2.85. The molecule has 1 saturated heterocycles. The second-order valence-corrected chi connectivity index (χ2v) is 5.73. The first kappa shape index (κ1) is 17.5. The first-order valence-corrected chi connectivity index (χ1v) is 7.60. The average Bonchev–Trinajstić information content (AvgIpc) is 2.54. The molecule has 1 heterocycles. The van der Waals surface area contributed by atoms with Crippen LogP contribution in [0.15, 0.2) is 18.2 Å². The van der Waals surface area contributed by atoms with Crippen molar-refractivity contribution >= 4 is 5.91 Å². The molecule has 0 aromatic heterocycles. The highest BCUT2D eigenvalue weighted by atomic mass is 19.3. The van der Waals surface area contributed by atoms with E-state index in [1.54, 1.807) is 11.0 Å². The Hall–Kier alpha value is -1.89. The van der Waals surface area contributed by atoms with Gasteiger partial charge in [0.15, 0.2) is 11.5 Å². The quantitative estimate of drug-likeness (QED) is 0.902. The molecule has 2 N–H and O–H groups in total. The first-order valence-electron chi connectivity index (χ1n) is 7.60. The van der Waals surface area contributed by atoms with Crippen molar-refractivity contribution in [1.29, 1.82) is 0 Å². The van der Waals surface area contributed by atoms with Gasteiger partial charge in [-0.2, -0.15) is 8.78 Å². The molecular formula is C16H22F2N2O3. The molecule has 128 valence electrons. The van der Waals surface area contributed by atoms with E-state index in [2.05, 4.69) is 4.74 Å². The van der Waals surface area contributed by atoms with E-state index < -0.39 is 6.61 Å². The Kier molecular flexibility index (Phi) is 5.76. The van der Waals surface area contributed by atoms with Crippen molar-refractivity contribution < 1.29 is 23.0 Å². The third-order valence-electron chi connectivity index (χ3n) is 4.12. The number of benzene rings is 1. The summed E-state index contributed by atoms with van der Waals surface area (Å²) in [6.45, 7) is -0.0268. The molecule has 0 bridgehead atoms. The zero-order valence-electron chi connectivity index (χ0n) is 13.3. The zero-order valence-corrected chi connectivity index (χ0v) is 13.3. The second-order valence-electron chi connectivity index (χ2n) is 5.73. The SMILES string of the molecule is COc1cccc(C(=O)N2CCCC(C(C)N)C2)c1OC(F)F. The van der Waals surface area contributed by atoms with Gasteiger partial charge in [-0.05, 0) is 37.8 Å². The number of carbonyl (C=O) groups excluding carboxylic acids is 1. The van der Waals surface area contributed by atoms with E-state index >= 15 is 0 Å². The molecule has 0 aliphatic carbocycles. The minimum atomic E-state index is -3.03. The third kappa shape index (κ3) is 4.10. The van der Waals surface area contributed by atoms with E-state index in [0.717, 1.165) is 12.8 Å². The molecule has 1 aromatic rings. The number of nitrogens with two attached hydrogens (primary N) is 1. The maximum atomic E-state index is 12.7. The maximum Gasteiger partial charge on any atom is 0.387 e. The van der Waals surface area contributed by atoms with Crippen LogP contribution in [0, 0.1) is 5.92 Å². The largest absolute Gasteiger partial charge is 0.493 e. The number of ether oxygens (including phenoxy) is 2. The summed E-state index contributed by atoms with van der Waals surface area (Å²) < 4.78 is 34.9. The van der Waals surface area contributed by atoms with Crippen molar-refractivity contribution in [2.75, 3.05) is 20.2 Å². The van der Waals surface area contributed by atoms with Crippen LogP contribution in [0.2, 0.25) is 0 Å². The van der Waals surface area contributed by atoms with E-state index in [1.807, 2.05) is 6.92 Å². The first-order chi connectivity index (χ1) is 10.9. The van der Waals surface area contributed by atoms with Crippen LogP contribution in [0.3, 0.4) is 0 Å². The van der Waals surface area contributed by atoms with Gasteiger partial charge >= 0.3 is 6.61 Å². The van der Waals surface area contributed by atoms with Crippen molar-refractivity contribution in [3.63, 3.8) is 0 Å². The van der Waals surface area contributed by atoms with Gasteiger partial charge in [0.2, 0.25) is 0 Å². The maximum absolute atomic E-state index is 12.7. The van der Waals surface area contributed by atoms with Gasteiger partial charge in [-0.15, -0.1) is 0 Å². The Balaban J connectivity index is 2.27. The van der Waals surface area contributed by atoms with Crippen LogP contribution >= 0.6 is 0 Å². The summed E-state index contributed by atoms with van der Waals surface area (Å²) in [4.78, 5) is 14.4. The molecule has 7 heteroatoms. The van der Waals surface area contributed by atoms with Crippen LogP contribution in [0.1, 0.15) is 30.1 Å². The van der Waals surface area contributed by atoms with Gasteiger partial charge in [-0.1, -0.05) is 6.07 Å². The number of methoxy groups -OCH3 is 1. The fourth-order valence-electron chi connectivity index (χ4n) is 2.85. The average molecular weight is 328 g/mol. The molecule has 1 fully saturated rings. The Morgan fingerprint density at radius 2 is 2.17 bits per heavy atom. The number of hydrogen-bond donors (Lipinski definition) is 1. The Morgan fingerprint density at radius 1 is 1.43 bits per heavy atom. The Labute approximate surface area is 134 Å². The number of carbonyl (C=O) groups is 1. The van der Waals surface area contributed by atoms with Gasteiger partial charge in [0.25, 0.3) is 5.91 Å². The van der Waals surface area contributed by atoms with Crippen LogP contribution in [0.25, 0.3) is 0 Å². The number of amides is 1. The highest BCUT2D eigenvalue weighted by Gasteiger charge is 2.29. The highest BCUT2D eigenvalue weighted by Crippen LogP contribution is 2.34. The molecule has 2 unspecified atom stereocenters. The molecule has 5 nitrogen and oxygen atoms in total. The number of likely N-dealkylation sites (tertiary alicyclic amines) is 1. The lowest BCUT2D eigenvalue weighted by Crippen LogP contribution is -2.45. The standard InChI is InChI=1S/C16H22F2N2O3/c1-10(19)11-5-4-8-20(9-11)15(21)12-6-3-7-13(22-2)14(12)23-16(17)18/h3,6-7,10-11,16H,4-5,8-9,19H2,1-2H3. The summed E-state index contributed by atoms with van der Waals surface area (Å²) in [7, 11) is 1.34. The number of hydrogen-bond acceptors (Lipinski definition) is 4. The minimum Gasteiger partial charge on any atom is -0.493 e. The van der Waals surface area contributed by atoms with Crippen molar-refractivity contribution in [3.8, 4) is 11.5 Å². The van der Waals surface area contributed by atoms with Crippen LogP contribution in [0.4, 0.5) is 8.78 Å². The number of piperidine rings is 1. The Morgan fingerprint density at radius 3 is 2.78 bits per heavy atom. The molecule has 23 heavy (non-hydrogen) atoms. The third-order valence-corrected chi connectivity index (χ3v) is 4.12. The topological polar surface area (TPSA) is 64.8 Å². The van der Waals surface area contributed by atoms with Gasteiger partial charge in [-0.3, -0.25) is 4.79 Å². The number of rotatable bonds is 5. The number of halogens is 2. The van der Waals surface area contributed by atoms with Gasteiger partial charge in [-0.25, -0.2) is 0 Å². The summed E-state index contributed by atoms with van der Waals surface area (Å²) in [6, 6.07) is 4.51.